The maximum Gasteiger partial charge on any atom is 0.0523 e. The van der Waals surface area contributed by atoms with E-state index in [1.54, 1.807) is 0 Å². The average Bonchev–Trinajstić information content (AvgIpc) is 3.07. The molecule has 0 spiro atoms. The van der Waals surface area contributed by atoms with Crippen molar-refractivity contribution in [1.82, 2.24) is 9.88 Å². The molecule has 0 aromatic carbocycles. The third kappa shape index (κ3) is 5.38. The summed E-state index contributed by atoms with van der Waals surface area (Å²) in [6.45, 7) is 11.4. The van der Waals surface area contributed by atoms with Crippen LogP contribution in [0, 0.1) is 19.3 Å². The highest BCUT2D eigenvalue weighted by molar-refractivity contribution is 7.11. The molecule has 4 heteroatoms. The lowest BCUT2D eigenvalue weighted by molar-refractivity contribution is -0.00222. The molecule has 2 aromatic heterocycles. The number of likely N-dealkylation sites (tertiary alicyclic amines) is 1. The highest BCUT2D eigenvalue weighted by Gasteiger charge is 2.34. The standard InChI is InChI=1S/C22H32N2OS/c1-4-25-17-22(10-9-21-8-6-19(3)26-21)11-13-24(14-12-22)16-20-7-5-18(2)23-15-20/h5-8,15H,4,9-14,16-17H2,1-3H3. The second-order valence-corrected chi connectivity index (χ2v) is 9.11. The van der Waals surface area contributed by atoms with Crippen molar-refractivity contribution in [2.45, 2.75) is 53.0 Å². The van der Waals surface area contributed by atoms with Crippen LogP contribution in [-0.2, 0) is 17.7 Å². The minimum atomic E-state index is 0.343. The zero-order valence-electron chi connectivity index (χ0n) is 16.5. The number of pyridine rings is 1. The predicted molar refractivity (Wildman–Crippen MR) is 110 cm³/mol. The number of nitrogens with zero attached hydrogens (tertiary/aromatic N) is 2. The fourth-order valence-electron chi connectivity index (χ4n) is 3.83. The Balaban J connectivity index is 1.56. The monoisotopic (exact) mass is 372 g/mol. The van der Waals surface area contributed by atoms with E-state index in [-0.39, 0.29) is 0 Å². The van der Waals surface area contributed by atoms with Crippen LogP contribution in [0.5, 0.6) is 0 Å². The largest absolute Gasteiger partial charge is 0.381 e. The molecule has 3 rings (SSSR count). The molecule has 0 atom stereocenters. The van der Waals surface area contributed by atoms with Gasteiger partial charge in [0.05, 0.1) is 6.61 Å². The van der Waals surface area contributed by atoms with Crippen molar-refractivity contribution >= 4 is 11.3 Å². The Kier molecular flexibility index (Phi) is 6.85. The lowest BCUT2D eigenvalue weighted by Crippen LogP contribution is -2.42. The lowest BCUT2D eigenvalue weighted by Gasteiger charge is -2.42. The van der Waals surface area contributed by atoms with Gasteiger partial charge < -0.3 is 4.74 Å². The van der Waals surface area contributed by atoms with Crippen LogP contribution in [0.15, 0.2) is 30.5 Å². The first kappa shape index (κ1) is 19.5. The third-order valence-electron chi connectivity index (χ3n) is 5.61. The molecule has 0 radical (unpaired) electrons. The summed E-state index contributed by atoms with van der Waals surface area (Å²) >= 11 is 1.94. The molecular weight excluding hydrogens is 340 g/mol. The number of aromatic nitrogens is 1. The molecule has 3 heterocycles. The number of hydrogen-bond acceptors (Lipinski definition) is 4. The predicted octanol–water partition coefficient (Wildman–Crippen LogP) is 5.01. The third-order valence-corrected chi connectivity index (χ3v) is 6.67. The van der Waals surface area contributed by atoms with Crippen molar-refractivity contribution in [3.05, 3.63) is 51.5 Å². The first-order chi connectivity index (χ1) is 12.6. The molecule has 0 saturated carbocycles. The number of thiophene rings is 1. The summed E-state index contributed by atoms with van der Waals surface area (Å²) in [5.74, 6) is 0. The highest BCUT2D eigenvalue weighted by Crippen LogP contribution is 2.37. The van der Waals surface area contributed by atoms with E-state index in [4.69, 9.17) is 4.74 Å². The molecule has 0 bridgehead atoms. The average molecular weight is 373 g/mol. The molecule has 26 heavy (non-hydrogen) atoms. The van der Waals surface area contributed by atoms with E-state index in [9.17, 15) is 0 Å². The van der Waals surface area contributed by atoms with Crippen LogP contribution >= 0.6 is 11.3 Å². The van der Waals surface area contributed by atoms with Gasteiger partial charge in [0.15, 0.2) is 0 Å². The van der Waals surface area contributed by atoms with Gasteiger partial charge in [-0.25, -0.2) is 0 Å². The van der Waals surface area contributed by atoms with E-state index in [0.29, 0.717) is 5.41 Å². The summed E-state index contributed by atoms with van der Waals surface area (Å²) in [6, 6.07) is 8.87. The van der Waals surface area contributed by atoms with Crippen LogP contribution in [0.1, 0.15) is 47.2 Å². The van der Waals surface area contributed by atoms with Crippen LogP contribution in [0.3, 0.4) is 0 Å². The molecule has 0 unspecified atom stereocenters. The molecule has 0 N–H and O–H groups in total. The van der Waals surface area contributed by atoms with Crippen LogP contribution in [0.2, 0.25) is 0 Å². The first-order valence-electron chi connectivity index (χ1n) is 9.85. The summed E-state index contributed by atoms with van der Waals surface area (Å²) in [4.78, 5) is 9.95. The Morgan fingerprint density at radius 1 is 1.15 bits per heavy atom. The smallest absolute Gasteiger partial charge is 0.0523 e. The number of aryl methyl sites for hydroxylation is 3. The van der Waals surface area contributed by atoms with E-state index in [2.05, 4.69) is 48.0 Å². The van der Waals surface area contributed by atoms with E-state index in [1.807, 2.05) is 24.5 Å². The van der Waals surface area contributed by atoms with E-state index in [0.717, 1.165) is 38.5 Å². The zero-order chi connectivity index (χ0) is 18.4. The summed E-state index contributed by atoms with van der Waals surface area (Å²) in [7, 11) is 0. The van der Waals surface area contributed by atoms with Gasteiger partial charge in [0.1, 0.15) is 0 Å². The van der Waals surface area contributed by atoms with Gasteiger partial charge in [-0.3, -0.25) is 9.88 Å². The van der Waals surface area contributed by atoms with Gasteiger partial charge in [-0.05, 0) is 88.7 Å². The molecule has 142 valence electrons. The fraction of sp³-hybridized carbons (Fsp3) is 0.591. The molecule has 1 aliphatic rings. The van der Waals surface area contributed by atoms with Crippen molar-refractivity contribution in [3.63, 3.8) is 0 Å². The Morgan fingerprint density at radius 2 is 1.96 bits per heavy atom. The maximum absolute atomic E-state index is 5.91. The zero-order valence-corrected chi connectivity index (χ0v) is 17.3. The van der Waals surface area contributed by atoms with Gasteiger partial charge in [-0.15, -0.1) is 11.3 Å². The summed E-state index contributed by atoms with van der Waals surface area (Å²) in [5.41, 5.74) is 2.75. The minimum Gasteiger partial charge on any atom is -0.381 e. The normalized spacial score (nSPS) is 17.5. The van der Waals surface area contributed by atoms with Gasteiger partial charge in [0, 0.05) is 34.8 Å². The first-order valence-corrected chi connectivity index (χ1v) is 10.7. The van der Waals surface area contributed by atoms with E-state index < -0.39 is 0 Å². The number of hydrogen-bond donors (Lipinski definition) is 0. The quantitative estimate of drug-likeness (QED) is 0.651. The van der Waals surface area contributed by atoms with Gasteiger partial charge in [0.25, 0.3) is 0 Å². The Hall–Kier alpha value is -1.23. The summed E-state index contributed by atoms with van der Waals surface area (Å²) in [6.07, 6.45) is 6.92. The molecule has 3 nitrogen and oxygen atoms in total. The molecule has 1 fully saturated rings. The van der Waals surface area contributed by atoms with Crippen molar-refractivity contribution in [1.29, 1.82) is 0 Å². The Labute approximate surface area is 162 Å². The SMILES string of the molecule is CCOCC1(CCc2ccc(C)s2)CCN(Cc2ccc(C)nc2)CC1. The fourth-order valence-corrected chi connectivity index (χ4v) is 4.72. The molecular formula is C22H32N2OS. The van der Waals surface area contributed by atoms with Crippen LogP contribution in [-0.4, -0.2) is 36.2 Å². The molecule has 0 aliphatic carbocycles. The molecule has 1 aliphatic heterocycles. The van der Waals surface area contributed by atoms with Gasteiger partial charge >= 0.3 is 0 Å². The van der Waals surface area contributed by atoms with Gasteiger partial charge in [0.2, 0.25) is 0 Å². The molecule has 0 amide bonds. The Morgan fingerprint density at radius 3 is 2.58 bits per heavy atom. The molecule has 1 saturated heterocycles. The van der Waals surface area contributed by atoms with Crippen molar-refractivity contribution in [3.8, 4) is 0 Å². The number of piperidine rings is 1. The van der Waals surface area contributed by atoms with Crippen LogP contribution in [0.4, 0.5) is 0 Å². The topological polar surface area (TPSA) is 25.4 Å². The van der Waals surface area contributed by atoms with Crippen molar-refractivity contribution in [2.75, 3.05) is 26.3 Å². The van der Waals surface area contributed by atoms with Crippen molar-refractivity contribution < 1.29 is 4.74 Å². The second-order valence-electron chi connectivity index (χ2n) is 7.73. The summed E-state index contributed by atoms with van der Waals surface area (Å²) < 4.78 is 5.91. The number of ether oxygens (including phenoxy) is 1. The van der Waals surface area contributed by atoms with Gasteiger partial charge in [-0.2, -0.15) is 0 Å². The lowest BCUT2D eigenvalue weighted by atomic mass is 9.75. The highest BCUT2D eigenvalue weighted by atomic mass is 32.1. The van der Waals surface area contributed by atoms with Crippen LogP contribution < -0.4 is 0 Å². The van der Waals surface area contributed by atoms with E-state index in [1.165, 1.54) is 41.0 Å². The second kappa shape index (κ2) is 9.12. The van der Waals surface area contributed by atoms with Crippen molar-refractivity contribution in [2.24, 2.45) is 5.41 Å². The maximum atomic E-state index is 5.91. The molecule has 2 aromatic rings. The number of rotatable bonds is 8. The summed E-state index contributed by atoms with van der Waals surface area (Å²) in [5, 5.41) is 0. The van der Waals surface area contributed by atoms with Gasteiger partial charge in [-0.1, -0.05) is 6.07 Å². The minimum absolute atomic E-state index is 0.343. The van der Waals surface area contributed by atoms with Crippen LogP contribution in [0.25, 0.3) is 0 Å². The van der Waals surface area contributed by atoms with E-state index >= 15 is 0 Å². The Bertz CT molecular complexity index is 672.